The molecule has 3 aromatic carbocycles. The van der Waals surface area contributed by atoms with Gasteiger partial charge in [-0.1, -0.05) is 60.7 Å². The Balaban J connectivity index is 0.000000647. The standard InChI is InChI=1S/C19H15NO.2ClH.Ti/c21-19-13-7-4-10-16(19)14-20-18-12-6-5-11-17(18)15-8-2-1-3-9-15;;;/h1-14,21H;2*1H;/q;;;+2/p-2. The first-order valence-electron chi connectivity index (χ1n) is 7.19. The van der Waals surface area contributed by atoms with Gasteiger partial charge in [0.1, 0.15) is 5.75 Å². The fourth-order valence-corrected chi connectivity index (χ4v) is 2.18. The van der Waals surface area contributed by atoms with E-state index in [9.17, 15) is 5.11 Å². The molecule has 0 atom stereocenters. The molecule has 0 spiro atoms. The maximum absolute atomic E-state index is 9.78. The van der Waals surface area contributed by atoms with Crippen molar-refractivity contribution in [2.45, 2.75) is 0 Å². The van der Waals surface area contributed by atoms with Gasteiger partial charge in [-0.15, -0.1) is 0 Å². The molecule has 0 unspecified atom stereocenters. The summed E-state index contributed by atoms with van der Waals surface area (Å²) in [5.41, 5.74) is 3.79. The van der Waals surface area contributed by atoms with Gasteiger partial charge in [0.15, 0.2) is 0 Å². The summed E-state index contributed by atoms with van der Waals surface area (Å²) < 4.78 is 0. The molecule has 0 bridgehead atoms. The number of nitrogens with zero attached hydrogens (tertiary/aromatic N) is 1. The summed E-state index contributed by atoms with van der Waals surface area (Å²) in [6, 6.07) is 25.3. The molecule has 0 aromatic heterocycles. The normalized spacial score (nSPS) is 10.1. The van der Waals surface area contributed by atoms with E-state index in [2.05, 4.69) is 17.1 Å². The van der Waals surface area contributed by atoms with E-state index in [1.54, 1.807) is 18.3 Å². The molecule has 0 amide bonds. The van der Waals surface area contributed by atoms with Gasteiger partial charge < -0.3 is 5.11 Å². The molecule has 120 valence electrons. The molecule has 0 saturated carbocycles. The van der Waals surface area contributed by atoms with Crippen LogP contribution in [-0.4, -0.2) is 11.3 Å². The SMILES string of the molecule is Oc1ccccc1C=Nc1ccccc1-c1ccccc1.[Cl][Ti][Cl]. The molecular weight excluding hydrogens is 377 g/mol. The molecule has 3 rings (SSSR count). The van der Waals surface area contributed by atoms with E-state index in [0.29, 0.717) is 5.56 Å². The second-order valence-electron chi connectivity index (χ2n) is 4.77. The van der Waals surface area contributed by atoms with E-state index in [-0.39, 0.29) is 5.75 Å². The van der Waals surface area contributed by atoms with Gasteiger partial charge in [0.2, 0.25) is 0 Å². The second kappa shape index (κ2) is 10.3. The Morgan fingerprint density at radius 2 is 1.38 bits per heavy atom. The van der Waals surface area contributed by atoms with E-state index < -0.39 is 17.0 Å². The van der Waals surface area contributed by atoms with E-state index >= 15 is 0 Å². The summed E-state index contributed by atoms with van der Waals surface area (Å²) in [5, 5.41) is 9.78. The number of para-hydroxylation sites is 2. The summed E-state index contributed by atoms with van der Waals surface area (Å²) in [4.78, 5) is 4.53. The van der Waals surface area contributed by atoms with Gasteiger partial charge >= 0.3 is 35.6 Å². The van der Waals surface area contributed by atoms with Crippen LogP contribution in [0.15, 0.2) is 83.9 Å². The van der Waals surface area contributed by atoms with E-state index in [0.717, 1.165) is 16.8 Å². The van der Waals surface area contributed by atoms with Gasteiger partial charge in [-0.2, -0.15) is 0 Å². The average molecular weight is 392 g/mol. The predicted octanol–water partition coefficient (Wildman–Crippen LogP) is 6.19. The number of rotatable bonds is 3. The Labute approximate surface area is 158 Å². The number of hydrogen-bond donors (Lipinski definition) is 1. The minimum absolute atomic E-state index is 0.235. The van der Waals surface area contributed by atoms with Gasteiger partial charge in [0.05, 0.1) is 5.69 Å². The van der Waals surface area contributed by atoms with Crippen LogP contribution in [0.2, 0.25) is 0 Å². The molecule has 5 heteroatoms. The van der Waals surface area contributed by atoms with Crippen molar-refractivity contribution < 1.29 is 22.1 Å². The van der Waals surface area contributed by atoms with Crippen molar-refractivity contribution in [1.82, 2.24) is 0 Å². The molecule has 0 fully saturated rings. The Morgan fingerprint density at radius 1 is 0.792 bits per heavy atom. The van der Waals surface area contributed by atoms with Crippen molar-refractivity contribution in [3.05, 3.63) is 84.4 Å². The first-order chi connectivity index (χ1) is 11.8. The van der Waals surface area contributed by atoms with Crippen molar-refractivity contribution in [1.29, 1.82) is 0 Å². The van der Waals surface area contributed by atoms with E-state index in [4.69, 9.17) is 18.6 Å². The van der Waals surface area contributed by atoms with Crippen LogP contribution in [0.1, 0.15) is 5.56 Å². The quantitative estimate of drug-likeness (QED) is 0.419. The molecule has 3 aromatic rings. The third-order valence-electron chi connectivity index (χ3n) is 3.27. The van der Waals surface area contributed by atoms with Crippen LogP contribution in [0.5, 0.6) is 5.75 Å². The molecule has 0 radical (unpaired) electrons. The average Bonchev–Trinajstić information content (AvgIpc) is 2.63. The van der Waals surface area contributed by atoms with Gasteiger partial charge in [0, 0.05) is 17.3 Å². The molecule has 2 nitrogen and oxygen atoms in total. The Morgan fingerprint density at radius 3 is 2.08 bits per heavy atom. The monoisotopic (exact) mass is 391 g/mol. The summed E-state index contributed by atoms with van der Waals surface area (Å²) in [6.07, 6.45) is 1.69. The number of halogens is 2. The van der Waals surface area contributed by atoms with Gasteiger partial charge in [0.25, 0.3) is 0 Å². The topological polar surface area (TPSA) is 32.6 Å². The predicted molar refractivity (Wildman–Crippen MR) is 98.9 cm³/mol. The molecule has 0 aliphatic rings. The molecule has 0 heterocycles. The number of phenolic OH excluding ortho intramolecular Hbond substituents is 1. The summed E-state index contributed by atoms with van der Waals surface area (Å²) in [5.74, 6) is 0.235. The molecule has 0 saturated heterocycles. The molecule has 1 N–H and O–H groups in total. The van der Waals surface area contributed by atoms with Crippen molar-refractivity contribution in [3.8, 4) is 16.9 Å². The third-order valence-corrected chi connectivity index (χ3v) is 3.27. The zero-order valence-corrected chi connectivity index (χ0v) is 15.8. The van der Waals surface area contributed by atoms with E-state index in [1.165, 1.54) is 0 Å². The van der Waals surface area contributed by atoms with Crippen LogP contribution in [0.3, 0.4) is 0 Å². The van der Waals surface area contributed by atoms with E-state index in [1.807, 2.05) is 54.6 Å². The maximum atomic E-state index is 9.78. The van der Waals surface area contributed by atoms with Gasteiger partial charge in [-0.3, -0.25) is 4.99 Å². The zero-order valence-electron chi connectivity index (χ0n) is 12.7. The van der Waals surface area contributed by atoms with Crippen molar-refractivity contribution in [2.24, 2.45) is 4.99 Å². The number of aromatic hydroxyl groups is 1. The zero-order chi connectivity index (χ0) is 17.2. The summed E-state index contributed by atoms with van der Waals surface area (Å²) in [7, 11) is 9.78. The van der Waals surface area contributed by atoms with Gasteiger partial charge in [-0.05, 0) is 23.8 Å². The fraction of sp³-hybridized carbons (Fsp3) is 0. The fourth-order valence-electron chi connectivity index (χ4n) is 2.18. The van der Waals surface area contributed by atoms with Crippen LogP contribution < -0.4 is 0 Å². The summed E-state index contributed by atoms with van der Waals surface area (Å²) in [6.45, 7) is 0. The van der Waals surface area contributed by atoms with Crippen LogP contribution in [0, 0.1) is 0 Å². The Kier molecular flexibility index (Phi) is 8.07. The van der Waals surface area contributed by atoms with Crippen LogP contribution in [0.25, 0.3) is 11.1 Å². The number of hydrogen-bond acceptors (Lipinski definition) is 2. The van der Waals surface area contributed by atoms with Gasteiger partial charge in [-0.25, -0.2) is 0 Å². The molecule has 24 heavy (non-hydrogen) atoms. The third kappa shape index (κ3) is 5.50. The Hall–Kier alpha value is -1.58. The molecule has 0 aliphatic carbocycles. The summed E-state index contributed by atoms with van der Waals surface area (Å²) >= 11 is -0.556. The Bertz CT molecular complexity index is 794. The van der Waals surface area contributed by atoms with Crippen LogP contribution in [0.4, 0.5) is 5.69 Å². The number of phenols is 1. The molecular formula is C19H15Cl2NOTi. The van der Waals surface area contributed by atoms with Crippen LogP contribution >= 0.6 is 18.6 Å². The first-order valence-corrected chi connectivity index (χ1v) is 11.5. The molecule has 0 aliphatic heterocycles. The first kappa shape index (κ1) is 18.8. The number of benzene rings is 3. The van der Waals surface area contributed by atoms with Crippen molar-refractivity contribution in [3.63, 3.8) is 0 Å². The second-order valence-corrected chi connectivity index (χ2v) is 7.35. The van der Waals surface area contributed by atoms with Crippen LogP contribution in [-0.2, 0) is 17.0 Å². The van der Waals surface area contributed by atoms with Crippen molar-refractivity contribution in [2.75, 3.05) is 0 Å². The van der Waals surface area contributed by atoms with Crippen molar-refractivity contribution >= 4 is 30.5 Å². The minimum atomic E-state index is -0.556. The number of aliphatic imine (C=N–C) groups is 1.